The first kappa shape index (κ1) is 30.9. The van der Waals surface area contributed by atoms with Gasteiger partial charge < -0.3 is 28.1 Å². The van der Waals surface area contributed by atoms with E-state index in [1.165, 1.54) is 7.11 Å². The quantitative estimate of drug-likeness (QED) is 0.189. The summed E-state index contributed by atoms with van der Waals surface area (Å²) >= 11 is 0. The van der Waals surface area contributed by atoms with Gasteiger partial charge in [0.1, 0.15) is 22.5 Å². The van der Waals surface area contributed by atoms with Crippen molar-refractivity contribution in [3.05, 3.63) is 23.8 Å². The molecule has 20 heteroatoms. The lowest BCUT2D eigenvalue weighted by Crippen LogP contribution is -2.72. The predicted octanol–water partition coefficient (Wildman–Crippen LogP) is -0.426. The number of hydrogen-bond donors (Lipinski definition) is 3. The third-order valence-electron chi connectivity index (χ3n) is 7.39. The van der Waals surface area contributed by atoms with Gasteiger partial charge in [-0.25, -0.2) is 9.59 Å². The van der Waals surface area contributed by atoms with Gasteiger partial charge in [-0.2, -0.15) is 0 Å². The molecule has 0 spiro atoms. The molecule has 6 amide bonds. The standard InChI is InChI=1S/C23H36N10O8Si2/c1-22(2)18(34)32(20(36)24-22)14-16-12-30(28-26-16)8-6-10-42(38)40-43(39-5,41-42)11-7-9-31-13-17(27-29-31)15-33-19(35)23(3,4)25-21(33)37/h12-13,38H,6-11,14-15H2,1-5H3,(H,24,36)(H,25,37). The molecule has 0 saturated carbocycles. The van der Waals surface area contributed by atoms with Crippen molar-refractivity contribution in [1.82, 2.24) is 50.4 Å². The number of carbonyl (C=O) groups excluding carboxylic acids is 4. The third-order valence-corrected chi connectivity index (χ3v) is 15.0. The summed E-state index contributed by atoms with van der Waals surface area (Å²) in [5.41, 5.74) is -0.951. The van der Waals surface area contributed by atoms with Gasteiger partial charge in [-0.05, 0) is 40.5 Å². The summed E-state index contributed by atoms with van der Waals surface area (Å²) in [7, 11) is -4.88. The molecule has 3 saturated heterocycles. The fourth-order valence-electron chi connectivity index (χ4n) is 5.09. The minimum Gasteiger partial charge on any atom is -0.391 e. The van der Waals surface area contributed by atoms with Crippen LogP contribution in [0.5, 0.6) is 0 Å². The second kappa shape index (κ2) is 11.2. The van der Waals surface area contributed by atoms with Crippen LogP contribution in [-0.2, 0) is 48.4 Å². The molecular formula is C23H36N10O8Si2. The van der Waals surface area contributed by atoms with E-state index in [1.54, 1.807) is 49.5 Å². The van der Waals surface area contributed by atoms with Crippen LogP contribution in [-0.4, -0.2) is 104 Å². The first-order valence-electron chi connectivity index (χ1n) is 13.9. The van der Waals surface area contributed by atoms with Gasteiger partial charge in [0.25, 0.3) is 11.8 Å². The van der Waals surface area contributed by atoms with E-state index in [1.807, 2.05) is 0 Å². The Morgan fingerprint density at radius 2 is 1.26 bits per heavy atom. The topological polar surface area (TPSA) is 208 Å². The Hall–Kier alpha value is -3.57. The molecule has 3 fully saturated rings. The van der Waals surface area contributed by atoms with Gasteiger partial charge in [-0.1, -0.05) is 10.4 Å². The van der Waals surface area contributed by atoms with Crippen LogP contribution >= 0.6 is 0 Å². The molecule has 43 heavy (non-hydrogen) atoms. The molecule has 18 nitrogen and oxygen atoms in total. The van der Waals surface area contributed by atoms with Crippen molar-refractivity contribution >= 4 is 41.5 Å². The van der Waals surface area contributed by atoms with Crippen LogP contribution < -0.4 is 10.6 Å². The second-order valence-corrected chi connectivity index (χ2v) is 17.7. The smallest absolute Gasteiger partial charge is 0.391 e. The van der Waals surface area contributed by atoms with E-state index in [-0.39, 0.29) is 24.9 Å². The number of aryl methyl sites for hydroxylation is 2. The highest BCUT2D eigenvalue weighted by molar-refractivity contribution is 6.88. The lowest BCUT2D eigenvalue weighted by Gasteiger charge is -2.47. The molecule has 0 radical (unpaired) electrons. The molecule has 0 aromatic carbocycles. The van der Waals surface area contributed by atoms with E-state index < -0.39 is 40.7 Å². The lowest BCUT2D eigenvalue weighted by molar-refractivity contribution is -0.131. The zero-order valence-electron chi connectivity index (χ0n) is 24.7. The maximum Gasteiger partial charge on any atom is 0.486 e. The summed E-state index contributed by atoms with van der Waals surface area (Å²) in [4.78, 5) is 62.0. The van der Waals surface area contributed by atoms with E-state index in [2.05, 4.69) is 31.3 Å². The van der Waals surface area contributed by atoms with E-state index in [4.69, 9.17) is 12.7 Å². The highest BCUT2D eigenvalue weighted by Crippen LogP contribution is 2.36. The Morgan fingerprint density at radius 3 is 1.65 bits per heavy atom. The monoisotopic (exact) mass is 636 g/mol. The zero-order valence-corrected chi connectivity index (χ0v) is 26.7. The summed E-state index contributed by atoms with van der Waals surface area (Å²) < 4.78 is 20.6. The van der Waals surface area contributed by atoms with Gasteiger partial charge in [-0.3, -0.25) is 28.8 Å². The largest absolute Gasteiger partial charge is 0.486 e. The maximum atomic E-state index is 12.4. The molecule has 2 aromatic heterocycles. The number of hydrogen-bond acceptors (Lipinski definition) is 12. The minimum absolute atomic E-state index is 0.0183. The molecule has 5 heterocycles. The van der Waals surface area contributed by atoms with Gasteiger partial charge in [-0.15, -0.1) is 10.2 Å². The highest BCUT2D eigenvalue weighted by atomic mass is 28.5. The molecule has 3 aliphatic rings. The van der Waals surface area contributed by atoms with Gasteiger partial charge in [0.05, 0.1) is 25.5 Å². The van der Waals surface area contributed by atoms with Crippen molar-refractivity contribution < 1.29 is 36.6 Å². The Kier molecular flexibility index (Phi) is 8.02. The predicted molar refractivity (Wildman–Crippen MR) is 148 cm³/mol. The third kappa shape index (κ3) is 6.38. The van der Waals surface area contributed by atoms with Crippen molar-refractivity contribution in [2.24, 2.45) is 0 Å². The molecular weight excluding hydrogens is 600 g/mol. The van der Waals surface area contributed by atoms with E-state index in [0.29, 0.717) is 49.4 Å². The van der Waals surface area contributed by atoms with Crippen molar-refractivity contribution in [3.8, 4) is 0 Å². The number of urea groups is 2. The fourth-order valence-corrected chi connectivity index (χ4v) is 12.7. The normalized spacial score (nSPS) is 26.2. The second-order valence-electron chi connectivity index (χ2n) is 11.8. The first-order valence-corrected chi connectivity index (χ1v) is 17.8. The van der Waals surface area contributed by atoms with E-state index >= 15 is 0 Å². The van der Waals surface area contributed by atoms with Crippen LogP contribution in [0.1, 0.15) is 51.9 Å². The molecule has 234 valence electrons. The lowest BCUT2D eigenvalue weighted by atomic mass is 10.1. The van der Waals surface area contributed by atoms with Crippen LogP contribution in [0.3, 0.4) is 0 Å². The van der Waals surface area contributed by atoms with Crippen LogP contribution in [0, 0.1) is 0 Å². The van der Waals surface area contributed by atoms with Gasteiger partial charge in [0, 0.05) is 32.3 Å². The Labute approximate surface area is 249 Å². The van der Waals surface area contributed by atoms with Gasteiger partial charge in [0.2, 0.25) is 0 Å². The van der Waals surface area contributed by atoms with Crippen molar-refractivity contribution in [2.45, 2.75) is 89.9 Å². The number of nitrogens with one attached hydrogen (secondary N) is 2. The number of rotatable bonds is 13. The van der Waals surface area contributed by atoms with Gasteiger partial charge >= 0.3 is 29.7 Å². The molecule has 0 aliphatic carbocycles. The molecule has 0 atom stereocenters. The molecule has 0 unspecified atom stereocenters. The van der Waals surface area contributed by atoms with Crippen LogP contribution in [0.4, 0.5) is 9.59 Å². The van der Waals surface area contributed by atoms with E-state index in [0.717, 1.165) is 9.80 Å². The van der Waals surface area contributed by atoms with Crippen molar-refractivity contribution in [2.75, 3.05) is 7.11 Å². The molecule has 5 rings (SSSR count). The summed E-state index contributed by atoms with van der Waals surface area (Å²) in [6, 6.07) is -0.174. The Bertz CT molecular complexity index is 1420. The Morgan fingerprint density at radius 1 is 0.814 bits per heavy atom. The number of imide groups is 2. The number of carbonyl (C=O) groups is 4. The molecule has 3 aliphatic heterocycles. The highest BCUT2D eigenvalue weighted by Gasteiger charge is 2.64. The summed E-state index contributed by atoms with van der Waals surface area (Å²) in [5, 5.41) is 21.5. The molecule has 2 aromatic rings. The summed E-state index contributed by atoms with van der Waals surface area (Å²) in [6.45, 7) is 7.52. The zero-order chi connectivity index (χ0) is 31.2. The van der Waals surface area contributed by atoms with Crippen molar-refractivity contribution in [1.29, 1.82) is 0 Å². The molecule has 3 N–H and O–H groups in total. The van der Waals surface area contributed by atoms with Crippen molar-refractivity contribution in [3.63, 3.8) is 0 Å². The number of amides is 6. The Balaban J connectivity index is 1.03. The average Bonchev–Trinajstić information content (AvgIpc) is 3.64. The fraction of sp³-hybridized carbons (Fsp3) is 0.652. The average molecular weight is 637 g/mol. The molecule has 0 bridgehead atoms. The first-order chi connectivity index (χ1) is 20.1. The summed E-state index contributed by atoms with van der Waals surface area (Å²) in [6.07, 6.45) is 4.42. The van der Waals surface area contributed by atoms with Crippen LogP contribution in [0.25, 0.3) is 0 Å². The SMILES string of the molecule is CO[Si]1(CCCn2cc(CN3C(=O)NC(C)(C)C3=O)nn2)O[Si](O)(CCCn2cc(CN3C(=O)NC(C)(C)C3=O)nn2)O1. The summed E-state index contributed by atoms with van der Waals surface area (Å²) in [5.74, 6) is -0.650. The number of nitrogens with zero attached hydrogens (tertiary/aromatic N) is 8. The minimum atomic E-state index is -3.38. The number of aromatic nitrogens is 6. The van der Waals surface area contributed by atoms with Crippen LogP contribution in [0.15, 0.2) is 12.4 Å². The van der Waals surface area contributed by atoms with E-state index in [9.17, 15) is 24.0 Å². The maximum absolute atomic E-state index is 12.4. The van der Waals surface area contributed by atoms with Gasteiger partial charge in [0.15, 0.2) is 0 Å². The van der Waals surface area contributed by atoms with Crippen LogP contribution in [0.2, 0.25) is 12.1 Å².